The molecule has 20 aliphatic rings. The summed E-state index contributed by atoms with van der Waals surface area (Å²) in [5, 5.41) is 19.7. The SMILES string of the molecule is C=C1C[C@@H]2CC[C@@]34C[C@@H]5O[C@@H]6[C@@H](O[C@H]7CCC(CC(=O)C[C@H]8[C@H](CC9O[C@@H](CCC1O2)C[C@@H](C)C9=C)OC(CCO)[C@@H]8OC)O[C@@H]7[C@@H]6O3)[C@H]5O4.C=C1C[C@@H]2CC[C@@]34C[C@@H]5O[C@@H]6[C@@H](O[C@H]7CCC(CC(=O)C[C@H]8[C@H](CC9O[C@@H](CCC1O2)C[C@@H](C)C9=C)OC(CCO)[C@@H]8OC)O[C@@H]7[C@@H]6O3)[C@H]5O4.[B].[H-].[Na+]. The van der Waals surface area contributed by atoms with Crippen molar-refractivity contribution in [2.24, 2.45) is 23.7 Å². The Morgan fingerprint density at radius 3 is 1.19 bits per heavy atom. The van der Waals surface area contributed by atoms with Crippen LogP contribution < -0.4 is 29.6 Å². The molecule has 24 bridgehead atoms. The molecule has 22 nitrogen and oxygen atoms in total. The molecule has 2 N–H and O–H groups in total. The van der Waals surface area contributed by atoms with Crippen LogP contribution in [-0.4, -0.2) is 252 Å². The average Bonchev–Trinajstić information content (AvgIpc) is 1.56. The minimum atomic E-state index is -0.769. The number of fused-ring (bicyclic) bond motifs is 12. The Labute approximate surface area is 627 Å². The van der Waals surface area contributed by atoms with E-state index in [0.717, 1.165) is 112 Å². The number of aliphatic hydroxyl groups excluding tert-OH is 2. The number of aliphatic hydroxyl groups is 2. The van der Waals surface area contributed by atoms with E-state index in [1.807, 2.05) is 0 Å². The van der Waals surface area contributed by atoms with E-state index in [1.165, 1.54) is 0 Å². The average molecular weight is 1440 g/mol. The molecule has 0 aromatic heterocycles. The summed E-state index contributed by atoms with van der Waals surface area (Å²) >= 11 is 0. The molecule has 102 heavy (non-hydrogen) atoms. The molecule has 24 heteroatoms. The third-order valence-electron chi connectivity index (χ3n) is 27.2. The molecule has 20 heterocycles. The van der Waals surface area contributed by atoms with E-state index >= 15 is 0 Å². The molecule has 20 aliphatic heterocycles. The molecular formula is C78H113BNaO22. The summed E-state index contributed by atoms with van der Waals surface area (Å²) in [5.41, 5.74) is 4.45. The number of ether oxygens (including phenoxy) is 18. The molecule has 0 aliphatic carbocycles. The first-order valence-corrected chi connectivity index (χ1v) is 39.0. The molecule has 20 rings (SSSR count). The van der Waals surface area contributed by atoms with Crippen LogP contribution >= 0.6 is 0 Å². The van der Waals surface area contributed by atoms with Gasteiger partial charge in [0.2, 0.25) is 0 Å². The zero-order valence-corrected chi connectivity index (χ0v) is 62.9. The second kappa shape index (κ2) is 31.0. The number of hydrogen-bond acceptors (Lipinski definition) is 22. The standard InChI is InChI=1S/2C39H56O11.B.Na.H/c2*1-19-13-23-5-7-27-20(2)14-25(43-27)9-11-39-18-32-35(49-39)36-37(48-32)38(50-39)34-28(47-36)8-6-24(45-34)15-22(41)16-26-31(17-30(44-23)21(19)3)46-29(10-12-40)33(26)42-4;;;/h2*19,23-38,40H,2-3,5-18H2,1,4H3;;;/q;;;+1;-1/t2*19-,23+,24?,25+,26+,27?,28+,29?,30?,31+,32+,33-,34+,35+,36+,37-,38+,39+;;;/m11.../s1. The minimum absolute atomic E-state index is 0. The van der Waals surface area contributed by atoms with Gasteiger partial charge in [0.25, 0.3) is 0 Å². The number of rotatable bonds is 6. The van der Waals surface area contributed by atoms with Crippen LogP contribution in [0.2, 0.25) is 0 Å². The zero-order chi connectivity index (χ0) is 68.6. The van der Waals surface area contributed by atoms with E-state index in [4.69, 9.17) is 85.3 Å². The first-order chi connectivity index (χ1) is 48.4. The molecule has 20 fully saturated rings. The van der Waals surface area contributed by atoms with Crippen LogP contribution in [0.3, 0.4) is 0 Å². The smallest absolute Gasteiger partial charge is 1.00 e. The van der Waals surface area contributed by atoms with Gasteiger partial charge in [-0.15, -0.1) is 0 Å². The second-order valence-electron chi connectivity index (χ2n) is 33.6. The zero-order valence-electron chi connectivity index (χ0n) is 61.9. The first kappa shape index (κ1) is 76.0. The van der Waals surface area contributed by atoms with Crippen LogP contribution in [-0.2, 0) is 94.9 Å². The van der Waals surface area contributed by atoms with Gasteiger partial charge in [0.1, 0.15) is 72.6 Å². The third kappa shape index (κ3) is 14.5. The van der Waals surface area contributed by atoms with Crippen molar-refractivity contribution in [1.29, 1.82) is 0 Å². The van der Waals surface area contributed by atoms with Crippen molar-refractivity contribution in [3.05, 3.63) is 48.6 Å². The van der Waals surface area contributed by atoms with Gasteiger partial charge in [0, 0.05) is 112 Å². The van der Waals surface area contributed by atoms with E-state index in [2.05, 4.69) is 40.2 Å². The maximum absolute atomic E-state index is 14.0. The number of hydrogen-bond donors (Lipinski definition) is 2. The summed E-state index contributed by atoms with van der Waals surface area (Å²) in [6.45, 7) is 22.2. The van der Waals surface area contributed by atoms with Gasteiger partial charge in [-0.2, -0.15) is 0 Å². The summed E-state index contributed by atoms with van der Waals surface area (Å²) in [4.78, 5) is 27.9. The molecule has 0 aromatic rings. The van der Waals surface area contributed by atoms with Gasteiger partial charge in [-0.1, -0.05) is 40.2 Å². The fraction of sp³-hybridized carbons (Fsp3) is 0.872. The van der Waals surface area contributed by atoms with Gasteiger partial charge in [0.05, 0.1) is 122 Å². The monoisotopic (exact) mass is 1440 g/mol. The van der Waals surface area contributed by atoms with Gasteiger partial charge >= 0.3 is 29.6 Å². The Morgan fingerprint density at radius 2 is 0.775 bits per heavy atom. The van der Waals surface area contributed by atoms with E-state index in [1.54, 1.807) is 14.2 Å². The van der Waals surface area contributed by atoms with Crippen molar-refractivity contribution < 1.29 is 136 Å². The predicted octanol–water partition coefficient (Wildman–Crippen LogP) is 4.96. The van der Waals surface area contributed by atoms with Crippen molar-refractivity contribution in [1.82, 2.24) is 0 Å². The van der Waals surface area contributed by atoms with Crippen LogP contribution in [0.5, 0.6) is 0 Å². The van der Waals surface area contributed by atoms with Crippen molar-refractivity contribution >= 4 is 20.0 Å². The van der Waals surface area contributed by atoms with Crippen molar-refractivity contribution in [2.45, 2.75) is 375 Å². The maximum Gasteiger partial charge on any atom is 1.00 e. The van der Waals surface area contributed by atoms with Gasteiger partial charge in [-0.25, -0.2) is 0 Å². The van der Waals surface area contributed by atoms with Gasteiger partial charge in [-0.3, -0.25) is 9.59 Å². The summed E-state index contributed by atoms with van der Waals surface area (Å²) in [6.07, 6.45) is 12.6. The van der Waals surface area contributed by atoms with E-state index < -0.39 is 11.6 Å². The molecule has 0 amide bonds. The van der Waals surface area contributed by atoms with E-state index in [-0.39, 0.29) is 259 Å². The number of carbonyl (C=O) groups is 2. The quantitative estimate of drug-likeness (QED) is 0.264. The predicted molar refractivity (Wildman–Crippen MR) is 363 cm³/mol. The van der Waals surface area contributed by atoms with E-state index in [9.17, 15) is 19.8 Å². The summed E-state index contributed by atoms with van der Waals surface area (Å²) < 4.78 is 120. The molecule has 36 atom stereocenters. The topological polar surface area (TPSA) is 241 Å². The molecule has 2 spiro atoms. The van der Waals surface area contributed by atoms with Gasteiger partial charge in [0.15, 0.2) is 11.6 Å². The van der Waals surface area contributed by atoms with Crippen LogP contribution in [0, 0.1) is 23.7 Å². The number of Topliss-reactive ketones (excluding diaryl/α,β-unsaturated/α-hetero) is 2. The molecule has 20 saturated heterocycles. The first-order valence-electron chi connectivity index (χ1n) is 39.0. The number of methoxy groups -OCH3 is 2. The van der Waals surface area contributed by atoms with Crippen molar-refractivity contribution in [3.63, 3.8) is 0 Å². The number of ketones is 2. The summed E-state index contributed by atoms with van der Waals surface area (Å²) in [5.74, 6) is -1.02. The van der Waals surface area contributed by atoms with Crippen LogP contribution in [0.15, 0.2) is 48.6 Å². The summed E-state index contributed by atoms with van der Waals surface area (Å²) in [6, 6.07) is 0. The largest absolute Gasteiger partial charge is 1.00 e. The molecule has 8 unspecified atom stereocenters. The Balaban J connectivity index is 0.000000169. The molecular weight excluding hydrogens is 1320 g/mol. The fourth-order valence-corrected chi connectivity index (χ4v) is 22.2. The number of carbonyl (C=O) groups excluding carboxylic acids is 2. The minimum Gasteiger partial charge on any atom is -1.00 e. The Morgan fingerprint density at radius 1 is 0.402 bits per heavy atom. The van der Waals surface area contributed by atoms with Gasteiger partial charge < -0.3 is 96.9 Å². The van der Waals surface area contributed by atoms with Crippen LogP contribution in [0.25, 0.3) is 0 Å². The van der Waals surface area contributed by atoms with Crippen LogP contribution in [0.4, 0.5) is 0 Å². The molecule has 0 aromatic carbocycles. The third-order valence-corrected chi connectivity index (χ3v) is 27.2. The van der Waals surface area contributed by atoms with Gasteiger partial charge in [-0.05, 0) is 137 Å². The van der Waals surface area contributed by atoms with Crippen LogP contribution in [0.1, 0.15) is 182 Å². The molecule has 0 saturated carbocycles. The second-order valence-corrected chi connectivity index (χ2v) is 33.6. The molecule has 561 valence electrons. The van der Waals surface area contributed by atoms with E-state index in [0.29, 0.717) is 88.9 Å². The summed E-state index contributed by atoms with van der Waals surface area (Å²) in [7, 11) is 3.35. The van der Waals surface area contributed by atoms with Crippen molar-refractivity contribution in [2.75, 3.05) is 27.4 Å². The Hall–Kier alpha value is -1.44. The maximum atomic E-state index is 14.0. The van der Waals surface area contributed by atoms with Crippen molar-refractivity contribution in [3.8, 4) is 0 Å². The normalized spacial score (nSPS) is 52.3. The Kier molecular flexibility index (Phi) is 23.1. The molecule has 3 radical (unpaired) electrons. The Bertz CT molecular complexity index is 2870. The fourth-order valence-electron chi connectivity index (χ4n) is 22.2.